The van der Waals surface area contributed by atoms with Crippen LogP contribution in [0.5, 0.6) is 11.5 Å². The Morgan fingerprint density at radius 3 is 2.66 bits per heavy atom. The van der Waals surface area contributed by atoms with Gasteiger partial charge in [-0.15, -0.1) is 0 Å². The molecule has 1 aliphatic heterocycles. The van der Waals surface area contributed by atoms with Crippen LogP contribution in [0.3, 0.4) is 0 Å². The van der Waals surface area contributed by atoms with Crippen molar-refractivity contribution in [2.45, 2.75) is 25.4 Å². The van der Waals surface area contributed by atoms with Crippen molar-refractivity contribution in [1.29, 1.82) is 0 Å². The maximum absolute atomic E-state index is 12.6. The fraction of sp³-hybridized carbons (Fsp3) is 0.214. The normalized spacial score (nSPS) is 15.0. The Bertz CT molecular complexity index is 1490. The van der Waals surface area contributed by atoms with Gasteiger partial charge in [-0.05, 0) is 54.8 Å². The van der Waals surface area contributed by atoms with E-state index >= 15 is 0 Å². The third-order valence-electron chi connectivity index (χ3n) is 6.67. The summed E-state index contributed by atoms with van der Waals surface area (Å²) in [7, 11) is 0. The van der Waals surface area contributed by atoms with Crippen LogP contribution in [0.25, 0.3) is 22.4 Å². The molecular weight excluding hydrogens is 440 g/mol. The average Bonchev–Trinajstić information content (AvgIpc) is 3.53. The summed E-state index contributed by atoms with van der Waals surface area (Å²) in [6, 6.07) is 26.0. The summed E-state index contributed by atoms with van der Waals surface area (Å²) in [5.41, 5.74) is 3.94. The van der Waals surface area contributed by atoms with Gasteiger partial charge in [0.25, 0.3) is 0 Å². The monoisotopic (exact) mass is 466 g/mol. The van der Waals surface area contributed by atoms with E-state index in [4.69, 9.17) is 9.26 Å². The van der Waals surface area contributed by atoms with Gasteiger partial charge in [0.15, 0.2) is 5.76 Å². The smallest absolute Gasteiger partial charge is 0.326 e. The highest BCUT2D eigenvalue weighted by molar-refractivity contribution is 5.75. The van der Waals surface area contributed by atoms with Crippen LogP contribution in [0.2, 0.25) is 0 Å². The Morgan fingerprint density at radius 1 is 0.971 bits per heavy atom. The molecular formula is C28H26N4O3. The largest absolute Gasteiger partial charge is 0.457 e. The van der Waals surface area contributed by atoms with Crippen molar-refractivity contribution in [3.63, 3.8) is 0 Å². The SMILES string of the molecule is O=c1[nH]c2ccccc2n1C1CCN(Cc2cccc(Oc3ccccc3-c3ccno3)c2)CC1. The lowest BCUT2D eigenvalue weighted by molar-refractivity contribution is 0.180. The van der Waals surface area contributed by atoms with Crippen LogP contribution in [-0.4, -0.2) is 32.7 Å². The summed E-state index contributed by atoms with van der Waals surface area (Å²) in [6.07, 6.45) is 3.52. The van der Waals surface area contributed by atoms with Crippen molar-refractivity contribution in [1.82, 2.24) is 19.6 Å². The lowest BCUT2D eigenvalue weighted by Crippen LogP contribution is -2.36. The summed E-state index contributed by atoms with van der Waals surface area (Å²) in [5.74, 6) is 2.19. The van der Waals surface area contributed by atoms with E-state index in [1.54, 1.807) is 6.20 Å². The molecule has 6 rings (SSSR count). The first-order chi connectivity index (χ1) is 17.2. The number of para-hydroxylation sites is 3. The number of aromatic amines is 1. The number of rotatable bonds is 6. The topological polar surface area (TPSA) is 76.3 Å². The van der Waals surface area contributed by atoms with Gasteiger partial charge in [0.2, 0.25) is 0 Å². The minimum absolute atomic E-state index is 0.0138. The number of hydrogen-bond acceptors (Lipinski definition) is 5. The van der Waals surface area contributed by atoms with Gasteiger partial charge in [0.1, 0.15) is 11.5 Å². The maximum atomic E-state index is 12.6. The van der Waals surface area contributed by atoms with Gasteiger partial charge in [-0.2, -0.15) is 0 Å². The summed E-state index contributed by atoms with van der Waals surface area (Å²) < 4.78 is 13.5. The van der Waals surface area contributed by atoms with Gasteiger partial charge in [-0.25, -0.2) is 4.79 Å². The number of nitrogens with zero attached hydrogens (tertiary/aromatic N) is 3. The number of likely N-dealkylation sites (tertiary alicyclic amines) is 1. The van der Waals surface area contributed by atoms with Gasteiger partial charge in [-0.1, -0.05) is 41.6 Å². The molecule has 1 fully saturated rings. The minimum Gasteiger partial charge on any atom is -0.457 e. The molecule has 176 valence electrons. The molecule has 3 heterocycles. The van der Waals surface area contributed by atoms with Crippen LogP contribution in [0.4, 0.5) is 0 Å². The first kappa shape index (κ1) is 21.4. The van der Waals surface area contributed by atoms with Gasteiger partial charge in [0, 0.05) is 31.7 Å². The van der Waals surface area contributed by atoms with Crippen molar-refractivity contribution in [2.24, 2.45) is 0 Å². The zero-order valence-electron chi connectivity index (χ0n) is 19.3. The molecule has 0 spiro atoms. The highest BCUT2D eigenvalue weighted by atomic mass is 16.5. The van der Waals surface area contributed by atoms with E-state index in [1.165, 1.54) is 5.56 Å². The molecule has 5 aromatic rings. The van der Waals surface area contributed by atoms with Crippen LogP contribution in [0.15, 0.2) is 94.4 Å². The Balaban J connectivity index is 1.13. The zero-order chi connectivity index (χ0) is 23.6. The molecule has 7 nitrogen and oxygen atoms in total. The first-order valence-electron chi connectivity index (χ1n) is 11.9. The highest BCUT2D eigenvalue weighted by Gasteiger charge is 2.23. The Labute approximate surface area is 202 Å². The molecule has 7 heteroatoms. The van der Waals surface area contributed by atoms with E-state index in [-0.39, 0.29) is 11.7 Å². The quantitative estimate of drug-likeness (QED) is 0.352. The highest BCUT2D eigenvalue weighted by Crippen LogP contribution is 2.33. The summed E-state index contributed by atoms with van der Waals surface area (Å²) >= 11 is 0. The van der Waals surface area contributed by atoms with Crippen LogP contribution in [-0.2, 0) is 6.54 Å². The van der Waals surface area contributed by atoms with Crippen LogP contribution < -0.4 is 10.4 Å². The van der Waals surface area contributed by atoms with Crippen molar-refractivity contribution in [2.75, 3.05) is 13.1 Å². The van der Waals surface area contributed by atoms with Crippen LogP contribution in [0.1, 0.15) is 24.4 Å². The van der Waals surface area contributed by atoms with E-state index in [9.17, 15) is 4.79 Å². The van der Waals surface area contributed by atoms with Gasteiger partial charge in [0.05, 0.1) is 22.8 Å². The van der Waals surface area contributed by atoms with Gasteiger partial charge < -0.3 is 14.2 Å². The summed E-state index contributed by atoms with van der Waals surface area (Å²) in [6.45, 7) is 2.72. The molecule has 0 saturated carbocycles. The summed E-state index contributed by atoms with van der Waals surface area (Å²) in [5, 5.41) is 3.81. The zero-order valence-corrected chi connectivity index (χ0v) is 19.3. The number of hydrogen-bond donors (Lipinski definition) is 1. The number of nitrogens with one attached hydrogen (secondary N) is 1. The van der Waals surface area contributed by atoms with Crippen LogP contribution >= 0.6 is 0 Å². The number of H-pyrrole nitrogens is 1. The number of benzene rings is 3. The molecule has 0 unspecified atom stereocenters. The van der Waals surface area contributed by atoms with E-state index in [0.29, 0.717) is 5.76 Å². The number of fused-ring (bicyclic) bond motifs is 1. The average molecular weight is 467 g/mol. The minimum atomic E-state index is -0.0138. The predicted molar refractivity (Wildman–Crippen MR) is 135 cm³/mol. The molecule has 0 radical (unpaired) electrons. The molecule has 0 amide bonds. The second-order valence-electron chi connectivity index (χ2n) is 8.95. The molecule has 3 aromatic carbocycles. The second kappa shape index (κ2) is 9.27. The van der Waals surface area contributed by atoms with Crippen molar-refractivity contribution in [3.8, 4) is 22.8 Å². The Kier molecular flexibility index (Phi) is 5.68. The Morgan fingerprint density at radius 2 is 1.80 bits per heavy atom. The molecule has 0 bridgehead atoms. The van der Waals surface area contributed by atoms with E-state index in [2.05, 4.69) is 27.2 Å². The molecule has 0 atom stereocenters. The summed E-state index contributed by atoms with van der Waals surface area (Å²) in [4.78, 5) is 18.0. The van der Waals surface area contributed by atoms with Gasteiger partial charge in [-0.3, -0.25) is 9.47 Å². The number of imidazole rings is 1. The first-order valence-corrected chi connectivity index (χ1v) is 11.9. The molecule has 1 saturated heterocycles. The van der Waals surface area contributed by atoms with Gasteiger partial charge >= 0.3 is 5.69 Å². The number of piperidine rings is 1. The van der Waals surface area contributed by atoms with E-state index in [0.717, 1.165) is 60.6 Å². The lowest BCUT2D eigenvalue weighted by atomic mass is 10.0. The lowest BCUT2D eigenvalue weighted by Gasteiger charge is -2.32. The third-order valence-corrected chi connectivity index (χ3v) is 6.67. The van der Waals surface area contributed by atoms with Crippen LogP contribution in [0, 0.1) is 0 Å². The van der Waals surface area contributed by atoms with E-state index in [1.807, 2.05) is 71.3 Å². The Hall–Kier alpha value is -4.10. The number of ether oxygens (including phenoxy) is 1. The van der Waals surface area contributed by atoms with Crippen molar-refractivity contribution >= 4 is 11.0 Å². The third kappa shape index (κ3) is 4.38. The number of aromatic nitrogens is 3. The van der Waals surface area contributed by atoms with Crippen molar-refractivity contribution < 1.29 is 9.26 Å². The molecule has 1 N–H and O–H groups in total. The molecule has 2 aromatic heterocycles. The van der Waals surface area contributed by atoms with Crippen molar-refractivity contribution in [3.05, 3.63) is 101 Å². The fourth-order valence-corrected chi connectivity index (χ4v) is 4.98. The molecule has 1 aliphatic rings. The fourth-order valence-electron chi connectivity index (χ4n) is 4.98. The second-order valence-corrected chi connectivity index (χ2v) is 8.95. The standard InChI is InChI=1S/C28H26N4O3/c33-28-30-24-9-2-3-10-25(24)32(28)21-13-16-31(17-14-21)19-20-6-5-7-22(18-20)34-26-11-4-1-8-23(26)27-12-15-29-35-27/h1-12,15,18,21H,13-14,16-17,19H2,(H,30,33). The predicted octanol–water partition coefficient (Wildman–Crippen LogP) is 5.61. The maximum Gasteiger partial charge on any atom is 0.326 e. The van der Waals surface area contributed by atoms with E-state index < -0.39 is 0 Å². The molecule has 0 aliphatic carbocycles. The molecule has 35 heavy (non-hydrogen) atoms.